The first-order valence-corrected chi connectivity index (χ1v) is 22.1. The summed E-state index contributed by atoms with van der Waals surface area (Å²) >= 11 is 0. The minimum Gasteiger partial charge on any atom is -0.439 e. The van der Waals surface area contributed by atoms with E-state index in [1.807, 2.05) is 58.0 Å². The number of nitrogens with one attached hydrogen (secondary N) is 3. The number of methoxy groups -OCH3 is 2. The molecule has 0 radical (unpaired) electrons. The van der Waals surface area contributed by atoms with Crippen LogP contribution >= 0.6 is 0 Å². The van der Waals surface area contributed by atoms with Gasteiger partial charge in [0.2, 0.25) is 23.6 Å². The van der Waals surface area contributed by atoms with Crippen molar-refractivity contribution in [3.05, 3.63) is 35.9 Å². The Morgan fingerprint density at radius 1 is 0.900 bits per heavy atom. The SMILES string of the molecule is CCC.CCC(C)C(C(CC(=O)N1CCCC1C(OC)C(C)C(=O)NC(C)C(OC(=O)N1CCC(O)CC1)c1ccccc1)OC)N(C)C(=O)CNC(=O)C(NC)C(C)C. The molecule has 15 nitrogen and oxygen atoms in total. The molecule has 0 aliphatic carbocycles. The normalized spacial score (nSPS) is 19.7. The fourth-order valence-corrected chi connectivity index (χ4v) is 8.25. The van der Waals surface area contributed by atoms with E-state index in [0.717, 1.165) is 18.4 Å². The van der Waals surface area contributed by atoms with E-state index in [-0.39, 0.29) is 54.5 Å². The van der Waals surface area contributed by atoms with Gasteiger partial charge in [0.1, 0.15) is 6.10 Å². The average molecular weight is 847 g/mol. The zero-order chi connectivity index (χ0) is 45.1. The fraction of sp³-hybridized carbons (Fsp3) is 0.756. The smallest absolute Gasteiger partial charge is 0.410 e. The molecule has 3 rings (SSSR count). The number of hydrogen-bond acceptors (Lipinski definition) is 10. The highest BCUT2D eigenvalue weighted by Gasteiger charge is 2.42. The van der Waals surface area contributed by atoms with Crippen molar-refractivity contribution in [3.8, 4) is 0 Å². The van der Waals surface area contributed by atoms with Gasteiger partial charge in [-0.2, -0.15) is 0 Å². The summed E-state index contributed by atoms with van der Waals surface area (Å²) in [6, 6.07) is 7.39. The first-order valence-electron chi connectivity index (χ1n) is 22.1. The number of piperidine rings is 1. The van der Waals surface area contributed by atoms with Crippen molar-refractivity contribution in [1.82, 2.24) is 30.7 Å². The molecule has 4 N–H and O–H groups in total. The highest BCUT2D eigenvalue weighted by Crippen LogP contribution is 2.30. The maximum Gasteiger partial charge on any atom is 0.410 e. The summed E-state index contributed by atoms with van der Waals surface area (Å²) in [5.74, 6) is -1.66. The Bertz CT molecular complexity index is 1460. The molecule has 2 fully saturated rings. The number of nitrogens with zero attached hydrogens (tertiary/aromatic N) is 3. The molecule has 60 heavy (non-hydrogen) atoms. The molecule has 5 amide bonds. The molecule has 1 aromatic carbocycles. The first kappa shape index (κ1) is 52.3. The predicted molar refractivity (Wildman–Crippen MR) is 233 cm³/mol. The van der Waals surface area contributed by atoms with Crippen LogP contribution in [0.3, 0.4) is 0 Å². The number of aliphatic hydroxyl groups is 1. The van der Waals surface area contributed by atoms with Crippen molar-refractivity contribution < 1.29 is 43.3 Å². The van der Waals surface area contributed by atoms with Crippen LogP contribution in [0.1, 0.15) is 112 Å². The second-order valence-electron chi connectivity index (χ2n) is 16.8. The van der Waals surface area contributed by atoms with E-state index in [1.54, 1.807) is 49.8 Å². The van der Waals surface area contributed by atoms with E-state index in [9.17, 15) is 29.1 Å². The van der Waals surface area contributed by atoms with Crippen molar-refractivity contribution >= 4 is 29.7 Å². The summed E-state index contributed by atoms with van der Waals surface area (Å²) in [5, 5.41) is 18.7. The van der Waals surface area contributed by atoms with Crippen LogP contribution in [0.5, 0.6) is 0 Å². The number of amides is 5. The molecule has 2 aliphatic heterocycles. The summed E-state index contributed by atoms with van der Waals surface area (Å²) < 4.78 is 17.9. The standard InChI is InChI=1S/C42H70N6O9.C3H8/c1-11-27(4)37(46(8)35(51)25-44-41(53)36(43-7)26(2)3)33(55-9)24-34(50)48-21-15-18-32(48)38(56-10)28(5)40(52)45-29(6)39(30-16-13-12-14-17-30)57-42(54)47-22-19-31(49)20-23-47;1-3-2/h12-14,16-17,26-29,31-33,36-39,43,49H,11,15,18-25H2,1-10H3,(H,44,53)(H,45,52);3H2,1-2H3. The number of benzene rings is 1. The van der Waals surface area contributed by atoms with E-state index in [2.05, 4.69) is 29.8 Å². The molecule has 0 spiro atoms. The second-order valence-corrected chi connectivity index (χ2v) is 16.8. The molecule has 2 heterocycles. The minimum atomic E-state index is -0.775. The number of likely N-dealkylation sites (N-methyl/N-ethyl adjacent to an activating group) is 2. The van der Waals surface area contributed by atoms with Crippen molar-refractivity contribution in [1.29, 1.82) is 0 Å². The Hall–Kier alpha value is -3.79. The summed E-state index contributed by atoms with van der Waals surface area (Å²) in [6.45, 7) is 16.8. The summed E-state index contributed by atoms with van der Waals surface area (Å²) in [7, 11) is 6.47. The first-order chi connectivity index (χ1) is 28.5. The Kier molecular flexibility index (Phi) is 23.1. The molecule has 0 bridgehead atoms. The van der Waals surface area contributed by atoms with Crippen LogP contribution in [0.15, 0.2) is 30.3 Å². The van der Waals surface area contributed by atoms with E-state index >= 15 is 0 Å². The minimum absolute atomic E-state index is 0.00924. The molecule has 15 heteroatoms. The summed E-state index contributed by atoms with van der Waals surface area (Å²) in [4.78, 5) is 72.5. The number of hydrogen-bond donors (Lipinski definition) is 4. The van der Waals surface area contributed by atoms with Crippen molar-refractivity contribution in [2.24, 2.45) is 17.8 Å². The predicted octanol–water partition coefficient (Wildman–Crippen LogP) is 4.52. The van der Waals surface area contributed by atoms with Crippen LogP contribution in [-0.4, -0.2) is 147 Å². The third kappa shape index (κ3) is 15.0. The van der Waals surface area contributed by atoms with Crippen molar-refractivity contribution in [2.45, 2.75) is 149 Å². The van der Waals surface area contributed by atoms with Gasteiger partial charge in [-0.3, -0.25) is 19.2 Å². The maximum atomic E-state index is 14.2. The van der Waals surface area contributed by atoms with E-state index in [1.165, 1.54) is 13.5 Å². The van der Waals surface area contributed by atoms with Gasteiger partial charge in [0.15, 0.2) is 0 Å². The Balaban J connectivity index is 0.00000401. The summed E-state index contributed by atoms with van der Waals surface area (Å²) in [5.41, 5.74) is 0.730. The number of ether oxygens (including phenoxy) is 3. The summed E-state index contributed by atoms with van der Waals surface area (Å²) in [6.07, 6.45) is 1.34. The van der Waals surface area contributed by atoms with Gasteiger partial charge in [0, 0.05) is 40.9 Å². The van der Waals surface area contributed by atoms with Crippen molar-refractivity contribution in [2.75, 3.05) is 54.5 Å². The molecular weight excluding hydrogens is 769 g/mol. The molecule has 0 saturated carbocycles. The second kappa shape index (κ2) is 26.5. The number of likely N-dealkylation sites (tertiary alicyclic amines) is 2. The van der Waals surface area contributed by atoms with Gasteiger partial charge in [-0.25, -0.2) is 4.79 Å². The zero-order valence-electron chi connectivity index (χ0n) is 38.6. The Morgan fingerprint density at radius 3 is 2.05 bits per heavy atom. The van der Waals surface area contributed by atoms with Crippen LogP contribution in [0.25, 0.3) is 0 Å². The largest absolute Gasteiger partial charge is 0.439 e. The van der Waals surface area contributed by atoms with Crippen LogP contribution < -0.4 is 16.0 Å². The van der Waals surface area contributed by atoms with Gasteiger partial charge in [-0.05, 0) is 57.1 Å². The number of rotatable bonds is 20. The molecule has 342 valence electrons. The van der Waals surface area contributed by atoms with Gasteiger partial charge in [-0.1, -0.05) is 91.6 Å². The number of aliphatic hydroxyl groups excluding tert-OH is 1. The van der Waals surface area contributed by atoms with Gasteiger partial charge in [-0.15, -0.1) is 0 Å². The lowest BCUT2D eigenvalue weighted by Gasteiger charge is -2.39. The molecular formula is C45H78N6O9. The topological polar surface area (TPSA) is 179 Å². The van der Waals surface area contributed by atoms with Gasteiger partial charge < -0.3 is 50.0 Å². The monoisotopic (exact) mass is 847 g/mol. The van der Waals surface area contributed by atoms with Gasteiger partial charge >= 0.3 is 6.09 Å². The molecule has 0 aromatic heterocycles. The maximum absolute atomic E-state index is 14.2. The molecule has 2 saturated heterocycles. The van der Waals surface area contributed by atoms with Crippen LogP contribution in [0.2, 0.25) is 0 Å². The molecule has 9 unspecified atom stereocenters. The lowest BCUT2D eigenvalue weighted by Crippen LogP contribution is -2.55. The zero-order valence-corrected chi connectivity index (χ0v) is 38.6. The van der Waals surface area contributed by atoms with E-state index in [4.69, 9.17) is 14.2 Å². The average Bonchev–Trinajstić information content (AvgIpc) is 3.72. The fourth-order valence-electron chi connectivity index (χ4n) is 8.25. The highest BCUT2D eigenvalue weighted by molar-refractivity contribution is 5.87. The van der Waals surface area contributed by atoms with E-state index < -0.39 is 54.6 Å². The number of carbonyl (C=O) groups is 5. The van der Waals surface area contributed by atoms with Gasteiger partial charge in [0.25, 0.3) is 0 Å². The third-order valence-corrected chi connectivity index (χ3v) is 11.9. The Labute approximate surface area is 360 Å². The van der Waals surface area contributed by atoms with Crippen LogP contribution in [-0.2, 0) is 33.4 Å². The molecule has 2 aliphatic rings. The number of carbonyl (C=O) groups excluding carboxylic acids is 5. The quantitative estimate of drug-likeness (QED) is 0.146. The molecule has 1 aromatic rings. The van der Waals surface area contributed by atoms with Crippen LogP contribution in [0, 0.1) is 17.8 Å². The third-order valence-electron chi connectivity index (χ3n) is 11.9. The highest BCUT2D eigenvalue weighted by atomic mass is 16.6. The lowest BCUT2D eigenvalue weighted by molar-refractivity contribution is -0.146. The lowest BCUT2D eigenvalue weighted by atomic mass is 9.90. The van der Waals surface area contributed by atoms with Crippen molar-refractivity contribution in [3.63, 3.8) is 0 Å². The molecule has 9 atom stereocenters. The van der Waals surface area contributed by atoms with Gasteiger partial charge in [0.05, 0.1) is 61.4 Å². The Morgan fingerprint density at radius 2 is 1.52 bits per heavy atom. The van der Waals surface area contributed by atoms with Crippen LogP contribution in [0.4, 0.5) is 4.79 Å². The van der Waals surface area contributed by atoms with E-state index in [0.29, 0.717) is 38.9 Å².